The summed E-state index contributed by atoms with van der Waals surface area (Å²) >= 11 is 1.17. The Kier molecular flexibility index (Phi) is 5.11. The number of hydrogen-bond acceptors (Lipinski definition) is 5. The standard InChI is InChI=1S/C17H18FNO4S/c1-10-15-12(18)5-2-6-13(15)24-16(10)17(21)23-9-14(20)19-8-11-4-3-7-22-11/h2,5-6,11H,3-4,7-9H2,1H3,(H,19,20)/t11-/m0/s1. The molecule has 0 unspecified atom stereocenters. The molecule has 1 aliphatic rings. The van der Waals surface area contributed by atoms with Crippen molar-refractivity contribution in [1.29, 1.82) is 0 Å². The van der Waals surface area contributed by atoms with Gasteiger partial charge in [0.05, 0.1) is 6.10 Å². The first-order chi connectivity index (χ1) is 11.6. The zero-order chi connectivity index (χ0) is 17.1. The molecule has 0 saturated carbocycles. The van der Waals surface area contributed by atoms with E-state index in [1.807, 2.05) is 0 Å². The highest BCUT2D eigenvalue weighted by atomic mass is 32.1. The van der Waals surface area contributed by atoms with E-state index < -0.39 is 5.97 Å². The van der Waals surface area contributed by atoms with E-state index in [1.54, 1.807) is 19.1 Å². The van der Waals surface area contributed by atoms with Crippen LogP contribution in [0.25, 0.3) is 10.1 Å². The summed E-state index contributed by atoms with van der Waals surface area (Å²) in [6.45, 7) is 2.46. The van der Waals surface area contributed by atoms with Gasteiger partial charge in [0.1, 0.15) is 10.7 Å². The Morgan fingerprint density at radius 2 is 2.29 bits per heavy atom. The highest BCUT2D eigenvalue weighted by Crippen LogP contribution is 2.32. The molecule has 3 rings (SSSR count). The van der Waals surface area contributed by atoms with Crippen LogP contribution in [0.3, 0.4) is 0 Å². The largest absolute Gasteiger partial charge is 0.451 e. The summed E-state index contributed by atoms with van der Waals surface area (Å²) in [4.78, 5) is 24.2. The average molecular weight is 351 g/mol. The number of amides is 1. The van der Waals surface area contributed by atoms with E-state index in [-0.39, 0.29) is 24.4 Å². The summed E-state index contributed by atoms with van der Waals surface area (Å²) in [6.07, 6.45) is 1.96. The molecule has 1 atom stereocenters. The third kappa shape index (κ3) is 3.57. The summed E-state index contributed by atoms with van der Waals surface area (Å²) in [5.41, 5.74) is 0.540. The number of esters is 1. The van der Waals surface area contributed by atoms with Gasteiger partial charge in [0.2, 0.25) is 0 Å². The predicted octanol–water partition coefficient (Wildman–Crippen LogP) is 2.80. The smallest absolute Gasteiger partial charge is 0.349 e. The van der Waals surface area contributed by atoms with Gasteiger partial charge < -0.3 is 14.8 Å². The number of fused-ring (bicyclic) bond motifs is 1. The maximum Gasteiger partial charge on any atom is 0.349 e. The molecule has 1 aliphatic heterocycles. The summed E-state index contributed by atoms with van der Waals surface area (Å²) in [5, 5.41) is 3.11. The van der Waals surface area contributed by atoms with Crippen LogP contribution in [0.15, 0.2) is 18.2 Å². The monoisotopic (exact) mass is 351 g/mol. The van der Waals surface area contributed by atoms with Crippen LogP contribution in [0, 0.1) is 12.7 Å². The zero-order valence-corrected chi connectivity index (χ0v) is 14.1. The molecule has 5 nitrogen and oxygen atoms in total. The number of carbonyl (C=O) groups is 2. The van der Waals surface area contributed by atoms with Crippen molar-refractivity contribution in [2.75, 3.05) is 19.8 Å². The van der Waals surface area contributed by atoms with Gasteiger partial charge >= 0.3 is 5.97 Å². The van der Waals surface area contributed by atoms with Gasteiger partial charge in [0, 0.05) is 23.2 Å². The maximum absolute atomic E-state index is 13.9. The summed E-state index contributed by atoms with van der Waals surface area (Å²) < 4.78 is 25.0. The van der Waals surface area contributed by atoms with Crippen LogP contribution in [-0.2, 0) is 14.3 Å². The molecule has 0 radical (unpaired) electrons. The van der Waals surface area contributed by atoms with Gasteiger partial charge in [-0.15, -0.1) is 11.3 Å². The quantitative estimate of drug-likeness (QED) is 0.842. The lowest BCUT2D eigenvalue weighted by molar-refractivity contribution is -0.124. The molecular formula is C17H18FNO4S. The van der Waals surface area contributed by atoms with Crippen molar-refractivity contribution in [2.45, 2.75) is 25.9 Å². The Hall–Kier alpha value is -1.99. The van der Waals surface area contributed by atoms with Crippen LogP contribution in [-0.4, -0.2) is 37.7 Å². The van der Waals surface area contributed by atoms with Gasteiger partial charge in [-0.05, 0) is 37.5 Å². The van der Waals surface area contributed by atoms with Crippen molar-refractivity contribution in [3.63, 3.8) is 0 Å². The number of halogens is 1. The topological polar surface area (TPSA) is 64.6 Å². The van der Waals surface area contributed by atoms with Crippen molar-refractivity contribution in [2.24, 2.45) is 0 Å². The lowest BCUT2D eigenvalue weighted by Gasteiger charge is -2.10. The van der Waals surface area contributed by atoms with Gasteiger partial charge in [-0.25, -0.2) is 9.18 Å². The number of nitrogens with one attached hydrogen (secondary N) is 1. The Balaban J connectivity index is 1.58. The molecule has 1 saturated heterocycles. The molecule has 1 aromatic heterocycles. The van der Waals surface area contributed by atoms with Crippen LogP contribution in [0.2, 0.25) is 0 Å². The third-order valence-corrected chi connectivity index (χ3v) is 5.21. The maximum atomic E-state index is 13.9. The van der Waals surface area contributed by atoms with Crippen molar-refractivity contribution in [3.8, 4) is 0 Å². The van der Waals surface area contributed by atoms with E-state index >= 15 is 0 Å². The van der Waals surface area contributed by atoms with Crippen LogP contribution in [0.5, 0.6) is 0 Å². The molecule has 0 bridgehead atoms. The Bertz CT molecular complexity index is 767. The van der Waals surface area contributed by atoms with Crippen molar-refractivity contribution in [1.82, 2.24) is 5.32 Å². The minimum absolute atomic E-state index is 0.0393. The molecule has 0 aliphatic carbocycles. The SMILES string of the molecule is Cc1c(C(=O)OCC(=O)NC[C@@H]2CCCO2)sc2cccc(F)c12. The van der Waals surface area contributed by atoms with Crippen molar-refractivity contribution in [3.05, 3.63) is 34.5 Å². The number of aryl methyl sites for hydroxylation is 1. The molecule has 2 heterocycles. The Labute approximate surface area is 142 Å². The molecule has 1 N–H and O–H groups in total. The highest BCUT2D eigenvalue weighted by molar-refractivity contribution is 7.21. The average Bonchev–Trinajstić information content (AvgIpc) is 3.19. The minimum atomic E-state index is -0.611. The lowest BCUT2D eigenvalue weighted by Crippen LogP contribution is -2.34. The number of carbonyl (C=O) groups excluding carboxylic acids is 2. The summed E-state index contributed by atoms with van der Waals surface area (Å²) in [6, 6.07) is 4.71. The van der Waals surface area contributed by atoms with E-state index in [9.17, 15) is 14.0 Å². The van der Waals surface area contributed by atoms with Gasteiger partial charge in [-0.3, -0.25) is 4.79 Å². The number of benzene rings is 1. The van der Waals surface area contributed by atoms with E-state index in [2.05, 4.69) is 5.32 Å². The van der Waals surface area contributed by atoms with E-state index in [1.165, 1.54) is 17.4 Å². The molecule has 128 valence electrons. The second kappa shape index (κ2) is 7.27. The lowest BCUT2D eigenvalue weighted by atomic mass is 10.1. The first-order valence-corrected chi connectivity index (χ1v) is 8.61. The highest BCUT2D eigenvalue weighted by Gasteiger charge is 2.20. The van der Waals surface area contributed by atoms with E-state index in [4.69, 9.17) is 9.47 Å². The van der Waals surface area contributed by atoms with Gasteiger partial charge in [0.25, 0.3) is 5.91 Å². The first-order valence-electron chi connectivity index (χ1n) is 7.79. The fourth-order valence-electron chi connectivity index (χ4n) is 2.73. The second-order valence-corrected chi connectivity index (χ2v) is 6.74. The van der Waals surface area contributed by atoms with Crippen LogP contribution < -0.4 is 5.32 Å². The summed E-state index contributed by atoms with van der Waals surface area (Å²) in [5.74, 6) is -1.35. The van der Waals surface area contributed by atoms with E-state index in [0.717, 1.165) is 19.4 Å². The molecule has 1 aromatic carbocycles. The fourth-order valence-corrected chi connectivity index (χ4v) is 3.85. The zero-order valence-electron chi connectivity index (χ0n) is 13.3. The predicted molar refractivity (Wildman–Crippen MR) is 88.8 cm³/mol. The number of ether oxygens (including phenoxy) is 2. The second-order valence-electron chi connectivity index (χ2n) is 5.68. The van der Waals surface area contributed by atoms with Crippen LogP contribution in [0.4, 0.5) is 4.39 Å². The van der Waals surface area contributed by atoms with Gasteiger partial charge in [0.15, 0.2) is 6.61 Å². The normalized spacial score (nSPS) is 17.2. The van der Waals surface area contributed by atoms with Crippen LogP contribution >= 0.6 is 11.3 Å². The van der Waals surface area contributed by atoms with Crippen molar-refractivity contribution < 1.29 is 23.5 Å². The molecule has 24 heavy (non-hydrogen) atoms. The molecule has 1 amide bonds. The molecular weight excluding hydrogens is 333 g/mol. The van der Waals surface area contributed by atoms with Gasteiger partial charge in [-0.1, -0.05) is 6.07 Å². The number of rotatable bonds is 5. The Morgan fingerprint density at radius 1 is 1.46 bits per heavy atom. The van der Waals surface area contributed by atoms with E-state index in [0.29, 0.717) is 27.1 Å². The number of thiophene rings is 1. The first kappa shape index (κ1) is 16.9. The minimum Gasteiger partial charge on any atom is -0.451 e. The molecule has 2 aromatic rings. The fraction of sp³-hybridized carbons (Fsp3) is 0.412. The number of hydrogen-bond donors (Lipinski definition) is 1. The van der Waals surface area contributed by atoms with Crippen molar-refractivity contribution >= 4 is 33.3 Å². The molecule has 7 heteroatoms. The third-order valence-electron chi connectivity index (χ3n) is 3.97. The summed E-state index contributed by atoms with van der Waals surface area (Å²) in [7, 11) is 0. The Morgan fingerprint density at radius 3 is 3.00 bits per heavy atom. The molecule has 0 spiro atoms. The van der Waals surface area contributed by atoms with Gasteiger partial charge in [-0.2, -0.15) is 0 Å². The van der Waals surface area contributed by atoms with Crippen LogP contribution in [0.1, 0.15) is 28.1 Å². The molecule has 1 fully saturated rings.